The van der Waals surface area contributed by atoms with E-state index in [9.17, 15) is 27.5 Å². The average Bonchev–Trinajstić information content (AvgIpc) is 3.21. The van der Waals surface area contributed by atoms with Crippen LogP contribution in [-0.4, -0.2) is 16.6 Å². The van der Waals surface area contributed by atoms with Crippen LogP contribution in [0.25, 0.3) is 6.08 Å². The number of nitrogens with zero attached hydrogens (tertiary/aromatic N) is 1. The Morgan fingerprint density at radius 3 is 2.69 bits per heavy atom. The van der Waals surface area contributed by atoms with Gasteiger partial charge in [0.2, 0.25) is 0 Å². The van der Waals surface area contributed by atoms with Crippen molar-refractivity contribution in [2.45, 2.75) is 25.6 Å². The number of carbonyl (C=O) groups is 1. The molecule has 1 fully saturated rings. The van der Waals surface area contributed by atoms with Crippen LogP contribution in [0, 0.1) is 11.7 Å². The molecule has 1 N–H and O–H groups in total. The molecule has 1 unspecified atom stereocenters. The second kappa shape index (κ2) is 8.69. The van der Waals surface area contributed by atoms with E-state index in [2.05, 4.69) is 4.99 Å². The van der Waals surface area contributed by atoms with Crippen molar-refractivity contribution in [1.82, 2.24) is 0 Å². The lowest BCUT2D eigenvalue weighted by molar-refractivity contribution is -0.137. The minimum absolute atomic E-state index is 0.0745. The van der Waals surface area contributed by atoms with Crippen LogP contribution in [0.15, 0.2) is 71.2 Å². The van der Waals surface area contributed by atoms with Gasteiger partial charge >= 0.3 is 6.18 Å². The van der Waals surface area contributed by atoms with Crippen LogP contribution in [0.1, 0.15) is 39.9 Å². The van der Waals surface area contributed by atoms with Gasteiger partial charge in [-0.3, -0.25) is 9.79 Å². The molecular formula is C27H19F4NO3. The summed E-state index contributed by atoms with van der Waals surface area (Å²) in [5, 5.41) is 10.4. The molecule has 2 aliphatic rings. The number of phenolic OH excluding ortho intramolecular Hbond substituents is 1. The standard InChI is InChI=1S/C27H19F4NO3/c28-19-6-8-20-22(13-19)32-25-17(5-7-21(25)26(20)34)10-15-4-9-24(23(33)12-15)35-14-16-2-1-3-18(11-16)27(29,30)31/h1-4,6,8-13,21,33H,5,7,14H2. The summed E-state index contributed by atoms with van der Waals surface area (Å²) in [6.07, 6.45) is -1.42. The zero-order valence-corrected chi connectivity index (χ0v) is 18.3. The summed E-state index contributed by atoms with van der Waals surface area (Å²) < 4.78 is 57.9. The Morgan fingerprint density at radius 2 is 1.91 bits per heavy atom. The molecule has 1 atom stereocenters. The Morgan fingerprint density at radius 1 is 1.09 bits per heavy atom. The van der Waals surface area contributed by atoms with Crippen molar-refractivity contribution in [1.29, 1.82) is 0 Å². The van der Waals surface area contributed by atoms with Crippen LogP contribution in [0.5, 0.6) is 11.5 Å². The number of phenols is 1. The average molecular weight is 481 g/mol. The highest BCUT2D eigenvalue weighted by Crippen LogP contribution is 2.40. The maximum atomic E-state index is 13.7. The minimum atomic E-state index is -4.45. The monoisotopic (exact) mass is 481 g/mol. The number of carbonyl (C=O) groups excluding carboxylic acids is 1. The van der Waals surface area contributed by atoms with Gasteiger partial charge in [-0.05, 0) is 72.0 Å². The van der Waals surface area contributed by atoms with Gasteiger partial charge in [-0.15, -0.1) is 0 Å². The van der Waals surface area contributed by atoms with Crippen molar-refractivity contribution in [2.24, 2.45) is 10.9 Å². The Kier molecular flexibility index (Phi) is 5.67. The van der Waals surface area contributed by atoms with Gasteiger partial charge in [-0.25, -0.2) is 4.39 Å². The summed E-state index contributed by atoms with van der Waals surface area (Å²) >= 11 is 0. The van der Waals surface area contributed by atoms with Gasteiger partial charge in [0.15, 0.2) is 17.3 Å². The van der Waals surface area contributed by atoms with Crippen molar-refractivity contribution >= 4 is 23.3 Å². The molecule has 8 heteroatoms. The van der Waals surface area contributed by atoms with E-state index in [1.54, 1.807) is 6.07 Å². The Labute approximate surface area is 198 Å². The van der Waals surface area contributed by atoms with Gasteiger partial charge in [0, 0.05) is 11.6 Å². The first kappa shape index (κ1) is 22.8. The van der Waals surface area contributed by atoms with Crippen molar-refractivity contribution in [3.63, 3.8) is 0 Å². The molecule has 1 aliphatic carbocycles. The van der Waals surface area contributed by atoms with E-state index in [0.717, 1.165) is 17.7 Å². The lowest BCUT2D eigenvalue weighted by Gasteiger charge is -2.18. The summed E-state index contributed by atoms with van der Waals surface area (Å²) in [7, 11) is 0. The first-order valence-corrected chi connectivity index (χ1v) is 10.9. The third-order valence-corrected chi connectivity index (χ3v) is 6.12. The van der Waals surface area contributed by atoms with E-state index < -0.39 is 17.6 Å². The molecule has 0 spiro atoms. The summed E-state index contributed by atoms with van der Waals surface area (Å²) in [4.78, 5) is 17.4. The lowest BCUT2D eigenvalue weighted by Crippen LogP contribution is -2.23. The predicted octanol–water partition coefficient (Wildman–Crippen LogP) is 6.89. The normalized spacial score (nSPS) is 18.3. The lowest BCUT2D eigenvalue weighted by atomic mass is 9.90. The van der Waals surface area contributed by atoms with Crippen LogP contribution in [-0.2, 0) is 12.8 Å². The minimum Gasteiger partial charge on any atom is -0.504 e. The molecule has 0 bridgehead atoms. The van der Waals surface area contributed by atoms with Crippen LogP contribution in [0.3, 0.4) is 0 Å². The molecule has 1 aliphatic heterocycles. The van der Waals surface area contributed by atoms with Gasteiger partial charge in [-0.2, -0.15) is 13.2 Å². The van der Waals surface area contributed by atoms with Crippen LogP contribution < -0.4 is 4.74 Å². The molecule has 35 heavy (non-hydrogen) atoms. The largest absolute Gasteiger partial charge is 0.504 e. The van der Waals surface area contributed by atoms with Crippen LogP contribution >= 0.6 is 0 Å². The van der Waals surface area contributed by atoms with Crippen molar-refractivity contribution in [3.8, 4) is 11.5 Å². The van der Waals surface area contributed by atoms with E-state index in [1.807, 2.05) is 6.08 Å². The Hall–Kier alpha value is -3.94. The fourth-order valence-electron chi connectivity index (χ4n) is 4.41. The highest BCUT2D eigenvalue weighted by molar-refractivity contribution is 6.25. The fraction of sp³-hybridized carbons (Fsp3) is 0.185. The zero-order chi connectivity index (χ0) is 24.7. The Bertz CT molecular complexity index is 1390. The number of aromatic hydroxyl groups is 1. The van der Waals surface area contributed by atoms with Crippen LogP contribution in [0.2, 0.25) is 0 Å². The van der Waals surface area contributed by atoms with Crippen molar-refractivity contribution in [2.75, 3.05) is 0 Å². The number of hydrogen-bond donors (Lipinski definition) is 1. The third-order valence-electron chi connectivity index (χ3n) is 6.12. The Balaban J connectivity index is 1.35. The molecule has 1 heterocycles. The molecule has 0 saturated heterocycles. The zero-order valence-electron chi connectivity index (χ0n) is 18.3. The first-order valence-electron chi connectivity index (χ1n) is 10.9. The summed E-state index contributed by atoms with van der Waals surface area (Å²) in [5.74, 6) is -0.954. The first-order chi connectivity index (χ1) is 16.7. The predicted molar refractivity (Wildman–Crippen MR) is 122 cm³/mol. The van der Waals surface area contributed by atoms with Gasteiger partial charge < -0.3 is 9.84 Å². The van der Waals surface area contributed by atoms with E-state index in [0.29, 0.717) is 40.9 Å². The number of Topliss-reactive ketones (excluding diaryl/α,β-unsaturated/α-hetero) is 1. The molecular weight excluding hydrogens is 462 g/mol. The fourth-order valence-corrected chi connectivity index (χ4v) is 4.41. The second-order valence-corrected chi connectivity index (χ2v) is 8.50. The van der Waals surface area contributed by atoms with Crippen molar-refractivity contribution < 1.29 is 32.2 Å². The number of ketones is 1. The summed E-state index contributed by atoms with van der Waals surface area (Å²) in [5.41, 5.74) is 2.36. The number of halogens is 4. The van der Waals surface area contributed by atoms with E-state index >= 15 is 0 Å². The van der Waals surface area contributed by atoms with Gasteiger partial charge in [0.05, 0.1) is 22.9 Å². The number of benzene rings is 3. The summed E-state index contributed by atoms with van der Waals surface area (Å²) in [6.45, 7) is -0.144. The third kappa shape index (κ3) is 4.56. The van der Waals surface area contributed by atoms with E-state index in [1.165, 1.54) is 42.5 Å². The van der Waals surface area contributed by atoms with E-state index in [-0.39, 0.29) is 29.8 Å². The van der Waals surface area contributed by atoms with Crippen molar-refractivity contribution in [3.05, 3.63) is 94.3 Å². The van der Waals surface area contributed by atoms with Gasteiger partial charge in [0.1, 0.15) is 12.4 Å². The maximum absolute atomic E-state index is 13.7. The quantitative estimate of drug-likeness (QED) is 0.413. The number of ether oxygens (including phenoxy) is 1. The smallest absolute Gasteiger partial charge is 0.416 e. The number of hydrogen-bond acceptors (Lipinski definition) is 4. The molecule has 0 radical (unpaired) electrons. The highest BCUT2D eigenvalue weighted by atomic mass is 19.4. The summed E-state index contributed by atoms with van der Waals surface area (Å²) in [6, 6.07) is 13.5. The molecule has 178 valence electrons. The number of alkyl halides is 3. The molecule has 1 saturated carbocycles. The molecule has 3 aromatic rings. The second-order valence-electron chi connectivity index (χ2n) is 8.50. The van der Waals surface area contributed by atoms with Crippen LogP contribution in [0.4, 0.5) is 23.2 Å². The topological polar surface area (TPSA) is 58.9 Å². The van der Waals surface area contributed by atoms with Gasteiger partial charge in [-0.1, -0.05) is 18.2 Å². The number of fused-ring (bicyclic) bond motifs is 2. The molecule has 5 rings (SSSR count). The number of rotatable bonds is 4. The molecule has 0 aromatic heterocycles. The maximum Gasteiger partial charge on any atom is 0.416 e. The highest BCUT2D eigenvalue weighted by Gasteiger charge is 2.37. The molecule has 4 nitrogen and oxygen atoms in total. The van der Waals surface area contributed by atoms with E-state index in [4.69, 9.17) is 4.74 Å². The molecule has 3 aromatic carbocycles. The molecule has 0 amide bonds. The number of aliphatic imine (C=N–C) groups is 1. The number of allylic oxidation sites excluding steroid dienone is 1. The van der Waals surface area contributed by atoms with Gasteiger partial charge in [0.25, 0.3) is 0 Å². The SMILES string of the molecule is O=C1c2ccc(F)cc2N=C2C(=Cc3ccc(OCc4cccc(C(F)(F)F)c4)c(O)c3)CCC12.